The number of carbonyl (C=O) groups is 5. The Hall–Kier alpha value is -8.15. The molecule has 0 bridgehead atoms. The highest BCUT2D eigenvalue weighted by molar-refractivity contribution is 6.05. The molecule has 1 atom stereocenters. The minimum absolute atomic E-state index is 0.0853. The third kappa shape index (κ3) is 10.4. The van der Waals surface area contributed by atoms with Crippen molar-refractivity contribution in [1.29, 1.82) is 0 Å². The molecule has 1 saturated heterocycles. The van der Waals surface area contributed by atoms with E-state index in [9.17, 15) is 24.0 Å². The van der Waals surface area contributed by atoms with Crippen molar-refractivity contribution in [1.82, 2.24) is 43.6 Å². The molecule has 5 amide bonds. The van der Waals surface area contributed by atoms with E-state index in [0.29, 0.717) is 83.2 Å². The average molecular weight is 930 g/mol. The molecule has 7 rings (SSSR count). The molecule has 0 spiro atoms. The van der Waals surface area contributed by atoms with Gasteiger partial charge in [-0.05, 0) is 91.3 Å². The number of amides is 5. The Morgan fingerprint density at radius 1 is 0.779 bits per heavy atom. The van der Waals surface area contributed by atoms with Gasteiger partial charge in [-0.3, -0.25) is 39.2 Å². The van der Waals surface area contributed by atoms with Crippen LogP contribution in [0.5, 0.6) is 11.5 Å². The number of hydrogen-bond donors (Lipinski definition) is 4. The summed E-state index contributed by atoms with van der Waals surface area (Å²) in [6.45, 7) is 14.8. The van der Waals surface area contributed by atoms with Crippen LogP contribution < -0.4 is 31.6 Å². The first-order valence-electron chi connectivity index (χ1n) is 22.1. The Morgan fingerprint density at radius 2 is 1.28 bits per heavy atom. The summed E-state index contributed by atoms with van der Waals surface area (Å²) >= 11 is 0. The van der Waals surface area contributed by atoms with Gasteiger partial charge in [0.25, 0.3) is 11.8 Å². The number of anilines is 2. The fraction of sp³-hybridized carbons (Fsp3) is 0.383. The van der Waals surface area contributed by atoms with E-state index >= 15 is 0 Å². The van der Waals surface area contributed by atoms with Crippen molar-refractivity contribution in [3.8, 4) is 23.3 Å². The van der Waals surface area contributed by atoms with E-state index in [2.05, 4.69) is 32.7 Å². The first kappa shape index (κ1) is 47.8. The number of primary amides is 2. The molecule has 0 saturated carbocycles. The molecule has 1 fully saturated rings. The lowest BCUT2D eigenvalue weighted by Crippen LogP contribution is -2.35. The van der Waals surface area contributed by atoms with Crippen molar-refractivity contribution >= 4 is 63.7 Å². The molecule has 1 aliphatic heterocycles. The number of allylic oxidation sites excluding steroid dienone is 2. The number of ether oxygens (including phenoxy) is 3. The number of nitrogens with two attached hydrogens (primary N) is 2. The zero-order chi connectivity index (χ0) is 49.0. The standard InChI is InChI=1S/C47H55N13O8/c1-9-59-34(20-27(3)54-59)42(63)52-44-50-32-22-30(40(48)61)24-36(66-8)38(32)57(44)16-11-12-17-58-39-33(51-45(58)53-43(64)35-21-28(4)55-60(35)10-2)23-31(41(49)62)25-37(39)67-19-13-14-29-15-18-56(26-29)46(65)68-47(5,6)7/h11-12,20-25,29H,9-10,15-19,26H2,1-8H3,(H2,48,61)(H2,49,62)(H,50,52,63)(H,51,53,64)/b12-11+. The number of benzene rings is 2. The molecular formula is C47H55N13O8. The number of methoxy groups -OCH3 is 1. The lowest BCUT2D eigenvalue weighted by Gasteiger charge is -2.24. The highest BCUT2D eigenvalue weighted by Crippen LogP contribution is 2.33. The van der Waals surface area contributed by atoms with Crippen molar-refractivity contribution < 1.29 is 38.2 Å². The monoisotopic (exact) mass is 929 g/mol. The molecule has 21 heteroatoms. The molecule has 21 nitrogen and oxygen atoms in total. The number of hydrogen-bond acceptors (Lipinski definition) is 12. The SMILES string of the molecule is CCn1nc(C)cc1C(=O)Nc1nc2cc(C(N)=O)cc(OC)c2n1C/C=C/Cn1c(NC(=O)c2cc(C)nn2CC)nc2cc(C(N)=O)cc(OCC#CC3CCN(C(=O)OC(C)(C)C)C3)c21. The Morgan fingerprint density at radius 3 is 1.75 bits per heavy atom. The maximum Gasteiger partial charge on any atom is 0.410 e. The van der Waals surface area contributed by atoms with E-state index < -0.39 is 35.3 Å². The first-order valence-corrected chi connectivity index (χ1v) is 22.1. The molecule has 356 valence electrons. The van der Waals surface area contributed by atoms with Gasteiger partial charge in [-0.15, -0.1) is 0 Å². The number of carbonyl (C=O) groups excluding carboxylic acids is 5. The number of likely N-dealkylation sites (tertiary alicyclic amines) is 1. The molecular weight excluding hydrogens is 875 g/mol. The number of aryl methyl sites for hydroxylation is 4. The van der Waals surface area contributed by atoms with Crippen molar-refractivity contribution in [2.75, 3.05) is 37.4 Å². The Kier molecular flexibility index (Phi) is 13.9. The number of nitrogens with one attached hydrogen (secondary N) is 2. The van der Waals surface area contributed by atoms with Gasteiger partial charge in [-0.1, -0.05) is 24.0 Å². The summed E-state index contributed by atoms with van der Waals surface area (Å²) in [6, 6.07) is 9.39. The predicted octanol–water partition coefficient (Wildman–Crippen LogP) is 5.04. The minimum atomic E-state index is -0.721. The van der Waals surface area contributed by atoms with Gasteiger partial charge in [0.15, 0.2) is 0 Å². The van der Waals surface area contributed by atoms with Crippen LogP contribution >= 0.6 is 0 Å². The van der Waals surface area contributed by atoms with Crippen molar-refractivity contribution in [3.05, 3.63) is 82.5 Å². The van der Waals surface area contributed by atoms with Gasteiger partial charge in [0.2, 0.25) is 23.7 Å². The third-order valence-corrected chi connectivity index (χ3v) is 10.9. The van der Waals surface area contributed by atoms with Crippen LogP contribution in [0.4, 0.5) is 16.7 Å². The zero-order valence-electron chi connectivity index (χ0n) is 39.3. The fourth-order valence-electron chi connectivity index (χ4n) is 7.86. The molecule has 1 aliphatic rings. The summed E-state index contributed by atoms with van der Waals surface area (Å²) in [5.41, 5.74) is 14.6. The zero-order valence-corrected chi connectivity index (χ0v) is 39.3. The van der Waals surface area contributed by atoms with Gasteiger partial charge < -0.3 is 39.7 Å². The van der Waals surface area contributed by atoms with Crippen LogP contribution in [0.3, 0.4) is 0 Å². The molecule has 68 heavy (non-hydrogen) atoms. The normalized spacial score (nSPS) is 13.8. The van der Waals surface area contributed by atoms with Crippen LogP contribution in [0.2, 0.25) is 0 Å². The maximum atomic E-state index is 13.9. The van der Waals surface area contributed by atoms with E-state index in [1.54, 1.807) is 49.4 Å². The topological polar surface area (TPSA) is 264 Å². The van der Waals surface area contributed by atoms with Gasteiger partial charge in [0.05, 0.1) is 29.5 Å². The van der Waals surface area contributed by atoms with E-state index in [4.69, 9.17) is 35.6 Å². The molecule has 4 aromatic heterocycles. The molecule has 6 N–H and O–H groups in total. The van der Waals surface area contributed by atoms with E-state index in [-0.39, 0.29) is 54.4 Å². The van der Waals surface area contributed by atoms with Crippen LogP contribution in [0, 0.1) is 31.6 Å². The molecule has 0 aliphatic carbocycles. The van der Waals surface area contributed by atoms with E-state index in [1.165, 1.54) is 31.4 Å². The van der Waals surface area contributed by atoms with Crippen LogP contribution in [0.15, 0.2) is 48.6 Å². The van der Waals surface area contributed by atoms with Crippen LogP contribution in [-0.4, -0.2) is 106 Å². The van der Waals surface area contributed by atoms with Gasteiger partial charge in [-0.2, -0.15) is 10.2 Å². The fourth-order valence-corrected chi connectivity index (χ4v) is 7.86. The largest absolute Gasteiger partial charge is 0.494 e. The van der Waals surface area contributed by atoms with Crippen LogP contribution in [0.1, 0.15) is 94.1 Å². The van der Waals surface area contributed by atoms with Gasteiger partial charge in [0.1, 0.15) is 46.1 Å². The number of fused-ring (bicyclic) bond motifs is 2. The minimum Gasteiger partial charge on any atom is -0.494 e. The van der Waals surface area contributed by atoms with E-state index in [0.717, 1.165) is 0 Å². The molecule has 2 aromatic carbocycles. The van der Waals surface area contributed by atoms with Gasteiger partial charge >= 0.3 is 6.09 Å². The quantitative estimate of drug-likeness (QED) is 0.0780. The second-order valence-electron chi connectivity index (χ2n) is 17.1. The smallest absolute Gasteiger partial charge is 0.410 e. The maximum absolute atomic E-state index is 13.9. The van der Waals surface area contributed by atoms with Crippen molar-refractivity contribution in [2.24, 2.45) is 17.4 Å². The van der Waals surface area contributed by atoms with Crippen molar-refractivity contribution in [2.45, 2.75) is 86.7 Å². The second-order valence-corrected chi connectivity index (χ2v) is 17.1. The summed E-state index contributed by atoms with van der Waals surface area (Å²) in [6.07, 6.45) is 3.91. The summed E-state index contributed by atoms with van der Waals surface area (Å²) in [5, 5.41) is 14.7. The van der Waals surface area contributed by atoms with Gasteiger partial charge in [0, 0.05) is 56.3 Å². The predicted molar refractivity (Wildman–Crippen MR) is 253 cm³/mol. The Labute approximate surface area is 391 Å². The number of rotatable bonds is 15. The Balaban J connectivity index is 1.24. The van der Waals surface area contributed by atoms with E-state index in [1.807, 2.05) is 46.8 Å². The average Bonchev–Trinajstić information content (AvgIpc) is 4.13. The Bertz CT molecular complexity index is 3050. The molecule has 6 aromatic rings. The summed E-state index contributed by atoms with van der Waals surface area (Å²) < 4.78 is 24.1. The van der Waals surface area contributed by atoms with Gasteiger partial charge in [-0.25, -0.2) is 14.8 Å². The summed E-state index contributed by atoms with van der Waals surface area (Å²) in [5.74, 6) is 4.63. The second kappa shape index (κ2) is 19.8. The number of nitrogens with zero attached hydrogens (tertiary/aromatic N) is 9. The molecule has 5 heterocycles. The third-order valence-electron chi connectivity index (χ3n) is 10.9. The van der Waals surface area contributed by atoms with Crippen LogP contribution in [-0.2, 0) is 30.9 Å². The number of aromatic nitrogens is 8. The highest BCUT2D eigenvalue weighted by Gasteiger charge is 2.29. The highest BCUT2D eigenvalue weighted by atomic mass is 16.6. The summed E-state index contributed by atoms with van der Waals surface area (Å²) in [7, 11) is 1.45. The van der Waals surface area contributed by atoms with Crippen molar-refractivity contribution in [3.63, 3.8) is 0 Å². The lowest BCUT2D eigenvalue weighted by molar-refractivity contribution is 0.0291. The molecule has 0 radical (unpaired) electrons. The van der Waals surface area contributed by atoms with Crippen LogP contribution in [0.25, 0.3) is 22.1 Å². The number of imidazole rings is 2. The molecule has 1 unspecified atom stereocenters. The summed E-state index contributed by atoms with van der Waals surface area (Å²) in [4.78, 5) is 76.2. The lowest BCUT2D eigenvalue weighted by atomic mass is 10.1. The first-order chi connectivity index (χ1) is 32.4.